The predicted molar refractivity (Wildman–Crippen MR) is 78.9 cm³/mol. The number of nitrogens with two attached hydrogens (primary N) is 1. The van der Waals surface area contributed by atoms with Crippen molar-refractivity contribution in [3.8, 4) is 0 Å². The monoisotopic (exact) mass is 364 g/mol. The van der Waals surface area contributed by atoms with Gasteiger partial charge in [-0.2, -0.15) is 0 Å². The highest BCUT2D eigenvalue weighted by molar-refractivity contribution is 9.10. The first-order chi connectivity index (χ1) is 9.25. The van der Waals surface area contributed by atoms with Gasteiger partial charge in [0, 0.05) is 18.1 Å². The zero-order valence-electron chi connectivity index (χ0n) is 11.2. The number of rotatable bonds is 6. The Hall–Kier alpha value is -0.960. The number of amides is 1. The molecule has 0 aliphatic rings. The summed E-state index contributed by atoms with van der Waals surface area (Å²) < 4.78 is 28.0. The second-order valence-corrected chi connectivity index (χ2v) is 6.87. The van der Waals surface area contributed by atoms with Crippen LogP contribution in [-0.4, -0.2) is 34.6 Å². The van der Waals surface area contributed by atoms with E-state index in [9.17, 15) is 13.2 Å². The first-order valence-corrected chi connectivity index (χ1v) is 8.19. The van der Waals surface area contributed by atoms with E-state index in [0.29, 0.717) is 17.6 Å². The van der Waals surface area contributed by atoms with Gasteiger partial charge in [0.2, 0.25) is 10.0 Å². The van der Waals surface area contributed by atoms with Crippen molar-refractivity contribution in [1.29, 1.82) is 0 Å². The lowest BCUT2D eigenvalue weighted by molar-refractivity contribution is 0.0933. The van der Waals surface area contributed by atoms with Gasteiger partial charge in [-0.25, -0.2) is 13.6 Å². The van der Waals surface area contributed by atoms with E-state index in [-0.39, 0.29) is 22.3 Å². The van der Waals surface area contributed by atoms with Gasteiger partial charge in [-0.1, -0.05) is 6.92 Å². The van der Waals surface area contributed by atoms with Crippen LogP contribution in [0.1, 0.15) is 17.3 Å². The molecule has 0 spiro atoms. The quantitative estimate of drug-likeness (QED) is 0.789. The third-order valence-corrected chi connectivity index (χ3v) is 4.18. The van der Waals surface area contributed by atoms with E-state index in [0.717, 1.165) is 0 Å². The molecule has 0 fully saturated rings. The first kappa shape index (κ1) is 17.1. The van der Waals surface area contributed by atoms with Gasteiger partial charge in [-0.3, -0.25) is 4.79 Å². The van der Waals surface area contributed by atoms with Gasteiger partial charge in [0.15, 0.2) is 0 Å². The molecule has 1 aromatic rings. The summed E-state index contributed by atoms with van der Waals surface area (Å²) in [4.78, 5) is 11.9. The molecule has 3 N–H and O–H groups in total. The lowest BCUT2D eigenvalue weighted by Crippen LogP contribution is -2.30. The van der Waals surface area contributed by atoms with E-state index in [1.165, 1.54) is 18.2 Å². The molecule has 1 rings (SSSR count). The Bertz CT molecular complexity index is 589. The summed E-state index contributed by atoms with van der Waals surface area (Å²) in [5, 5.41) is 7.76. The van der Waals surface area contributed by atoms with Crippen LogP contribution in [0, 0.1) is 5.92 Å². The number of ether oxygens (including phenoxy) is 1. The SMILES string of the molecule is COCC(C)CNC(=O)c1cc(S(N)(=O)=O)ccc1Br. The lowest BCUT2D eigenvalue weighted by Gasteiger charge is -2.12. The molecule has 1 atom stereocenters. The Labute approximate surface area is 126 Å². The highest BCUT2D eigenvalue weighted by atomic mass is 79.9. The Balaban J connectivity index is 2.87. The van der Waals surface area contributed by atoms with E-state index in [2.05, 4.69) is 21.2 Å². The number of hydrogen-bond acceptors (Lipinski definition) is 4. The minimum absolute atomic E-state index is 0.101. The van der Waals surface area contributed by atoms with Crippen molar-refractivity contribution in [1.82, 2.24) is 5.32 Å². The fourth-order valence-electron chi connectivity index (χ4n) is 1.56. The number of hydrogen-bond donors (Lipinski definition) is 2. The second-order valence-electron chi connectivity index (χ2n) is 4.46. The predicted octanol–water partition coefficient (Wildman–Crippen LogP) is 1.11. The summed E-state index contributed by atoms with van der Waals surface area (Å²) in [5.74, 6) is -0.213. The molecule has 6 nitrogen and oxygen atoms in total. The van der Waals surface area contributed by atoms with Crippen LogP contribution in [0.4, 0.5) is 0 Å². The van der Waals surface area contributed by atoms with Gasteiger partial charge >= 0.3 is 0 Å². The Morgan fingerprint density at radius 1 is 1.50 bits per heavy atom. The van der Waals surface area contributed by atoms with E-state index in [1.807, 2.05) is 6.92 Å². The van der Waals surface area contributed by atoms with Crippen LogP contribution in [0.25, 0.3) is 0 Å². The van der Waals surface area contributed by atoms with Gasteiger partial charge < -0.3 is 10.1 Å². The maximum Gasteiger partial charge on any atom is 0.252 e. The normalized spacial score (nSPS) is 13.0. The van der Waals surface area contributed by atoms with Crippen molar-refractivity contribution >= 4 is 31.9 Å². The summed E-state index contributed by atoms with van der Waals surface area (Å²) in [5.41, 5.74) is 0.223. The largest absolute Gasteiger partial charge is 0.384 e. The van der Waals surface area contributed by atoms with Crippen molar-refractivity contribution in [3.63, 3.8) is 0 Å². The van der Waals surface area contributed by atoms with Crippen LogP contribution in [-0.2, 0) is 14.8 Å². The number of carbonyl (C=O) groups is 1. The van der Waals surface area contributed by atoms with Crippen molar-refractivity contribution in [3.05, 3.63) is 28.2 Å². The van der Waals surface area contributed by atoms with Gasteiger partial charge in [-0.15, -0.1) is 0 Å². The van der Waals surface area contributed by atoms with Gasteiger partial charge in [0.25, 0.3) is 5.91 Å². The average Bonchev–Trinajstić information content (AvgIpc) is 2.35. The second kappa shape index (κ2) is 7.16. The molecule has 0 radical (unpaired) electrons. The summed E-state index contributed by atoms with van der Waals surface area (Å²) in [6.45, 7) is 2.89. The molecule has 8 heteroatoms. The molecule has 20 heavy (non-hydrogen) atoms. The third kappa shape index (κ3) is 4.86. The fourth-order valence-corrected chi connectivity index (χ4v) is 2.53. The molecule has 0 heterocycles. The fraction of sp³-hybridized carbons (Fsp3) is 0.417. The van der Waals surface area contributed by atoms with Gasteiger partial charge in [0.05, 0.1) is 17.1 Å². The summed E-state index contributed by atoms with van der Waals surface area (Å²) >= 11 is 3.21. The maximum absolute atomic E-state index is 12.0. The molecule has 1 aromatic carbocycles. The van der Waals surface area contributed by atoms with Crippen LogP contribution in [0.15, 0.2) is 27.6 Å². The van der Waals surface area contributed by atoms with Crippen LogP contribution < -0.4 is 10.5 Å². The van der Waals surface area contributed by atoms with E-state index < -0.39 is 10.0 Å². The summed E-state index contributed by atoms with van der Waals surface area (Å²) in [7, 11) is -2.25. The smallest absolute Gasteiger partial charge is 0.252 e. The Kier molecular flexibility index (Phi) is 6.12. The summed E-state index contributed by atoms with van der Waals surface area (Å²) in [6.07, 6.45) is 0. The Morgan fingerprint density at radius 3 is 2.70 bits per heavy atom. The molecule has 0 aromatic heterocycles. The van der Waals surface area contributed by atoms with Gasteiger partial charge in [0.1, 0.15) is 0 Å². The molecule has 0 bridgehead atoms. The number of benzene rings is 1. The zero-order valence-corrected chi connectivity index (χ0v) is 13.6. The van der Waals surface area contributed by atoms with Crippen molar-refractivity contribution in [2.75, 3.05) is 20.3 Å². The molecule has 0 saturated carbocycles. The van der Waals surface area contributed by atoms with Crippen LogP contribution >= 0.6 is 15.9 Å². The van der Waals surface area contributed by atoms with Crippen molar-refractivity contribution in [2.45, 2.75) is 11.8 Å². The van der Waals surface area contributed by atoms with E-state index in [1.54, 1.807) is 7.11 Å². The molecule has 1 unspecified atom stereocenters. The number of nitrogens with one attached hydrogen (secondary N) is 1. The summed E-state index contributed by atoms with van der Waals surface area (Å²) in [6, 6.07) is 4.06. The number of halogens is 1. The van der Waals surface area contributed by atoms with E-state index >= 15 is 0 Å². The molecule has 0 aliphatic carbocycles. The van der Waals surface area contributed by atoms with Crippen LogP contribution in [0.5, 0.6) is 0 Å². The molecule has 1 amide bonds. The minimum Gasteiger partial charge on any atom is -0.384 e. The number of carbonyl (C=O) groups excluding carboxylic acids is 1. The van der Waals surface area contributed by atoms with Crippen molar-refractivity contribution in [2.24, 2.45) is 11.1 Å². The van der Waals surface area contributed by atoms with Gasteiger partial charge in [-0.05, 0) is 40.0 Å². The number of primary sulfonamides is 1. The van der Waals surface area contributed by atoms with Crippen LogP contribution in [0.2, 0.25) is 0 Å². The number of methoxy groups -OCH3 is 1. The Morgan fingerprint density at radius 2 is 2.15 bits per heavy atom. The lowest BCUT2D eigenvalue weighted by atomic mass is 10.1. The maximum atomic E-state index is 12.0. The topological polar surface area (TPSA) is 98.5 Å². The average molecular weight is 365 g/mol. The van der Waals surface area contributed by atoms with Crippen LogP contribution in [0.3, 0.4) is 0 Å². The first-order valence-electron chi connectivity index (χ1n) is 5.85. The van der Waals surface area contributed by atoms with Crippen molar-refractivity contribution < 1.29 is 17.9 Å². The molecule has 0 aliphatic heterocycles. The molecule has 112 valence electrons. The highest BCUT2D eigenvalue weighted by Crippen LogP contribution is 2.20. The zero-order chi connectivity index (χ0) is 15.3. The molecular formula is C12H17BrN2O4S. The third-order valence-electron chi connectivity index (χ3n) is 2.57. The minimum atomic E-state index is -3.84. The highest BCUT2D eigenvalue weighted by Gasteiger charge is 2.16. The van der Waals surface area contributed by atoms with E-state index in [4.69, 9.17) is 9.88 Å². The number of sulfonamides is 1. The standard InChI is InChI=1S/C12H17BrN2O4S/c1-8(7-19-2)6-15-12(16)10-5-9(20(14,17)18)3-4-11(10)13/h3-5,8H,6-7H2,1-2H3,(H,15,16)(H2,14,17,18). The molecule has 0 saturated heterocycles. The molecular weight excluding hydrogens is 348 g/mol.